The van der Waals surface area contributed by atoms with Gasteiger partial charge in [0.25, 0.3) is 0 Å². The third-order valence-corrected chi connectivity index (χ3v) is 4.30. The van der Waals surface area contributed by atoms with Crippen LogP contribution in [0.5, 0.6) is 0 Å². The van der Waals surface area contributed by atoms with Gasteiger partial charge in [-0.25, -0.2) is 4.98 Å². The lowest BCUT2D eigenvalue weighted by Crippen LogP contribution is -2.28. The summed E-state index contributed by atoms with van der Waals surface area (Å²) in [6, 6.07) is 0. The summed E-state index contributed by atoms with van der Waals surface area (Å²) in [5.74, 6) is 0. The van der Waals surface area contributed by atoms with Crippen LogP contribution in [-0.2, 0) is 5.54 Å². The van der Waals surface area contributed by atoms with Crippen LogP contribution >= 0.6 is 11.3 Å². The van der Waals surface area contributed by atoms with Gasteiger partial charge in [0.05, 0.1) is 5.69 Å². The minimum atomic E-state index is -0.264. The number of aromatic nitrogens is 1. The van der Waals surface area contributed by atoms with Gasteiger partial charge >= 0.3 is 0 Å². The molecule has 1 aromatic rings. The molecule has 1 aromatic heterocycles. The Bertz CT molecular complexity index is 345. The molecule has 0 unspecified atom stereocenters. The quantitative estimate of drug-likeness (QED) is 0.839. The molecule has 0 amide bonds. The fourth-order valence-corrected chi connectivity index (χ4v) is 3.16. The van der Waals surface area contributed by atoms with Crippen molar-refractivity contribution in [1.29, 1.82) is 0 Å². The second-order valence-electron chi connectivity index (χ2n) is 4.83. The molecular formula is C11H19N3S. The zero-order valence-electron chi connectivity index (χ0n) is 9.71. The van der Waals surface area contributed by atoms with E-state index in [4.69, 9.17) is 5.73 Å². The Hall–Kier alpha value is -0.610. The average molecular weight is 225 g/mol. The maximum atomic E-state index is 6.12. The van der Waals surface area contributed by atoms with Crippen LogP contribution in [0, 0.1) is 6.92 Å². The predicted molar refractivity (Wildman–Crippen MR) is 65.5 cm³/mol. The van der Waals surface area contributed by atoms with E-state index in [1.54, 1.807) is 11.3 Å². The minimum Gasteiger partial charge on any atom is -0.348 e. The zero-order valence-corrected chi connectivity index (χ0v) is 10.5. The summed E-state index contributed by atoms with van der Waals surface area (Å²) in [6.45, 7) is 8.44. The highest BCUT2D eigenvalue weighted by molar-refractivity contribution is 7.15. The maximum Gasteiger partial charge on any atom is 0.185 e. The molecule has 2 rings (SSSR count). The summed E-state index contributed by atoms with van der Waals surface area (Å²) in [6.07, 6.45) is 2.58. The molecule has 1 fully saturated rings. The van der Waals surface area contributed by atoms with E-state index in [-0.39, 0.29) is 5.54 Å². The Labute approximate surface area is 95.3 Å². The molecule has 0 spiro atoms. The topological polar surface area (TPSA) is 42.2 Å². The Morgan fingerprint density at radius 3 is 2.40 bits per heavy atom. The number of thiazole rings is 1. The fraction of sp³-hybridized carbons (Fsp3) is 0.727. The van der Waals surface area contributed by atoms with Gasteiger partial charge in [-0.2, -0.15) is 0 Å². The first kappa shape index (κ1) is 10.9. The van der Waals surface area contributed by atoms with Crippen molar-refractivity contribution in [3.8, 4) is 0 Å². The van der Waals surface area contributed by atoms with E-state index < -0.39 is 0 Å². The lowest BCUT2D eigenvalue weighted by atomic mass is 10.0. The SMILES string of the molecule is Cc1nc(N2CCCC2)sc1C(C)(C)N. The lowest BCUT2D eigenvalue weighted by molar-refractivity contribution is 0.562. The molecule has 0 bridgehead atoms. The first-order chi connectivity index (χ1) is 6.98. The fourth-order valence-electron chi connectivity index (χ4n) is 2.02. The average Bonchev–Trinajstić information content (AvgIpc) is 2.68. The summed E-state index contributed by atoms with van der Waals surface area (Å²) in [5, 5.41) is 1.15. The third kappa shape index (κ3) is 2.16. The van der Waals surface area contributed by atoms with Gasteiger partial charge in [0, 0.05) is 23.5 Å². The number of aryl methyl sites for hydroxylation is 1. The molecule has 4 heteroatoms. The van der Waals surface area contributed by atoms with Crippen molar-refractivity contribution in [3.05, 3.63) is 10.6 Å². The molecule has 0 radical (unpaired) electrons. The highest BCUT2D eigenvalue weighted by Crippen LogP contribution is 2.33. The molecule has 0 atom stereocenters. The van der Waals surface area contributed by atoms with Crippen LogP contribution in [0.1, 0.15) is 37.3 Å². The summed E-state index contributed by atoms with van der Waals surface area (Å²) >= 11 is 1.75. The van der Waals surface area contributed by atoms with Crippen molar-refractivity contribution >= 4 is 16.5 Å². The molecule has 1 aliphatic rings. The van der Waals surface area contributed by atoms with Gasteiger partial charge < -0.3 is 10.6 Å². The first-order valence-corrected chi connectivity index (χ1v) is 6.32. The van der Waals surface area contributed by atoms with Gasteiger partial charge in [-0.05, 0) is 33.6 Å². The number of hydrogen-bond donors (Lipinski definition) is 1. The molecule has 2 heterocycles. The Kier molecular flexibility index (Phi) is 2.73. The van der Waals surface area contributed by atoms with E-state index in [0.29, 0.717) is 0 Å². The van der Waals surface area contributed by atoms with Gasteiger partial charge in [0.2, 0.25) is 0 Å². The van der Waals surface area contributed by atoms with Gasteiger partial charge in [-0.1, -0.05) is 11.3 Å². The highest BCUT2D eigenvalue weighted by atomic mass is 32.1. The third-order valence-electron chi connectivity index (χ3n) is 2.75. The van der Waals surface area contributed by atoms with Crippen molar-refractivity contribution in [2.24, 2.45) is 5.73 Å². The van der Waals surface area contributed by atoms with Crippen molar-refractivity contribution in [1.82, 2.24) is 4.98 Å². The van der Waals surface area contributed by atoms with E-state index >= 15 is 0 Å². The summed E-state index contributed by atoms with van der Waals surface area (Å²) in [7, 11) is 0. The smallest absolute Gasteiger partial charge is 0.185 e. The minimum absolute atomic E-state index is 0.264. The normalized spacial score (nSPS) is 17.5. The summed E-state index contributed by atoms with van der Waals surface area (Å²) in [4.78, 5) is 8.20. The Morgan fingerprint density at radius 2 is 1.93 bits per heavy atom. The largest absolute Gasteiger partial charge is 0.348 e. The standard InChI is InChI=1S/C11H19N3S/c1-8-9(11(2,3)12)15-10(13-8)14-6-4-5-7-14/h4-7,12H2,1-3H3. The number of hydrogen-bond acceptors (Lipinski definition) is 4. The molecule has 3 nitrogen and oxygen atoms in total. The van der Waals surface area contributed by atoms with Gasteiger partial charge in [0.15, 0.2) is 5.13 Å². The Balaban J connectivity index is 2.28. The van der Waals surface area contributed by atoms with Gasteiger partial charge in [0.1, 0.15) is 0 Å². The van der Waals surface area contributed by atoms with Crippen LogP contribution in [0.25, 0.3) is 0 Å². The van der Waals surface area contributed by atoms with Crippen LogP contribution < -0.4 is 10.6 Å². The molecule has 2 N–H and O–H groups in total. The van der Waals surface area contributed by atoms with E-state index in [1.807, 2.05) is 13.8 Å². The van der Waals surface area contributed by atoms with Crippen LogP contribution in [-0.4, -0.2) is 18.1 Å². The second kappa shape index (κ2) is 3.76. The van der Waals surface area contributed by atoms with Crippen molar-refractivity contribution < 1.29 is 0 Å². The summed E-state index contributed by atoms with van der Waals surface area (Å²) < 4.78 is 0. The van der Waals surface area contributed by atoms with Gasteiger partial charge in [-0.3, -0.25) is 0 Å². The van der Waals surface area contributed by atoms with Crippen molar-refractivity contribution in [2.45, 2.75) is 39.2 Å². The van der Waals surface area contributed by atoms with Crippen LogP contribution in [0.3, 0.4) is 0 Å². The van der Waals surface area contributed by atoms with Crippen molar-refractivity contribution in [2.75, 3.05) is 18.0 Å². The molecule has 0 aliphatic carbocycles. The second-order valence-corrected chi connectivity index (χ2v) is 5.80. The van der Waals surface area contributed by atoms with Gasteiger partial charge in [-0.15, -0.1) is 0 Å². The first-order valence-electron chi connectivity index (χ1n) is 5.50. The number of anilines is 1. The predicted octanol–water partition coefficient (Wildman–Crippen LogP) is 2.25. The molecule has 0 aromatic carbocycles. The number of nitrogens with two attached hydrogens (primary N) is 1. The molecule has 84 valence electrons. The van der Waals surface area contributed by atoms with Crippen LogP contribution in [0.4, 0.5) is 5.13 Å². The van der Waals surface area contributed by atoms with Crippen molar-refractivity contribution in [3.63, 3.8) is 0 Å². The van der Waals surface area contributed by atoms with E-state index in [2.05, 4.69) is 16.8 Å². The molecule has 1 aliphatic heterocycles. The van der Waals surface area contributed by atoms with Crippen LogP contribution in [0.2, 0.25) is 0 Å². The monoisotopic (exact) mass is 225 g/mol. The number of rotatable bonds is 2. The Morgan fingerprint density at radius 1 is 1.33 bits per heavy atom. The zero-order chi connectivity index (χ0) is 11.1. The molecule has 1 saturated heterocycles. The van der Waals surface area contributed by atoms with E-state index in [9.17, 15) is 0 Å². The molecule has 0 saturated carbocycles. The number of nitrogens with zero attached hydrogens (tertiary/aromatic N) is 2. The van der Waals surface area contributed by atoms with E-state index in [1.165, 1.54) is 17.7 Å². The lowest BCUT2D eigenvalue weighted by Gasteiger charge is -2.17. The van der Waals surface area contributed by atoms with Crippen LogP contribution in [0.15, 0.2) is 0 Å². The molecule has 15 heavy (non-hydrogen) atoms. The summed E-state index contributed by atoms with van der Waals surface area (Å²) in [5.41, 5.74) is 6.95. The van der Waals surface area contributed by atoms with E-state index in [0.717, 1.165) is 23.9 Å². The highest BCUT2D eigenvalue weighted by Gasteiger charge is 2.24. The molecular weight excluding hydrogens is 206 g/mol. The maximum absolute atomic E-state index is 6.12.